The highest BCUT2D eigenvalue weighted by Gasteiger charge is 2.44. The Morgan fingerprint density at radius 2 is 1.71 bits per heavy atom. The first-order chi connectivity index (χ1) is 16.6. The van der Waals surface area contributed by atoms with Crippen molar-refractivity contribution in [2.75, 3.05) is 12.1 Å². The summed E-state index contributed by atoms with van der Waals surface area (Å²) >= 11 is 0. The van der Waals surface area contributed by atoms with Crippen molar-refractivity contribution in [2.24, 2.45) is 0 Å². The minimum Gasteiger partial charge on any atom is -0.460 e. The van der Waals surface area contributed by atoms with Crippen LogP contribution in [0.5, 0.6) is 17.4 Å². The molecule has 0 saturated heterocycles. The van der Waals surface area contributed by atoms with Gasteiger partial charge in [-0.3, -0.25) is 10.1 Å². The fourth-order valence-electron chi connectivity index (χ4n) is 3.09. The van der Waals surface area contributed by atoms with Crippen LogP contribution in [0.1, 0.15) is 22.0 Å². The third-order valence-corrected chi connectivity index (χ3v) is 4.65. The van der Waals surface area contributed by atoms with Crippen molar-refractivity contribution >= 4 is 17.6 Å². The lowest BCUT2D eigenvalue weighted by Gasteiger charge is -2.22. The highest BCUT2D eigenvalue weighted by molar-refractivity contribution is 6.08. The molecule has 1 aliphatic rings. The summed E-state index contributed by atoms with van der Waals surface area (Å²) in [5.74, 6) is -3.63. The molecule has 0 spiro atoms. The Morgan fingerprint density at radius 3 is 2.37 bits per heavy atom. The molecule has 182 valence electrons. The number of anilines is 1. The number of fused-ring (bicyclic) bond motifs is 1. The van der Waals surface area contributed by atoms with Gasteiger partial charge in [-0.05, 0) is 30.3 Å². The van der Waals surface area contributed by atoms with Crippen LogP contribution in [0.2, 0.25) is 0 Å². The molecular weight excluding hydrogens is 481 g/mol. The van der Waals surface area contributed by atoms with Gasteiger partial charge in [0.15, 0.2) is 11.5 Å². The molecule has 1 aromatic heterocycles. The van der Waals surface area contributed by atoms with Crippen molar-refractivity contribution in [3.05, 3.63) is 77.5 Å². The number of carbonyl (C=O) groups excluding carboxylic acids is 2. The van der Waals surface area contributed by atoms with Crippen molar-refractivity contribution < 1.29 is 45.8 Å². The molecule has 2 aromatic carbocycles. The molecule has 13 heteroatoms. The average molecular weight is 495 g/mol. The van der Waals surface area contributed by atoms with Gasteiger partial charge in [-0.25, -0.2) is 18.6 Å². The number of pyridine rings is 1. The average Bonchev–Trinajstić information content (AvgIpc) is 3.25. The number of hydrogen-bond acceptors (Lipinski definition) is 6. The molecule has 0 saturated carbocycles. The molecule has 1 atom stereocenters. The van der Waals surface area contributed by atoms with Gasteiger partial charge in [0, 0.05) is 11.6 Å². The summed E-state index contributed by atoms with van der Waals surface area (Å²) in [6, 6.07) is 7.45. The van der Waals surface area contributed by atoms with E-state index in [4.69, 9.17) is 14.2 Å². The molecule has 0 aliphatic carbocycles. The highest BCUT2D eigenvalue weighted by atomic mass is 19.4. The number of carbonyl (C=O) groups is 2. The van der Waals surface area contributed by atoms with Crippen LogP contribution in [0.4, 0.5) is 32.4 Å². The number of alkyl halides is 3. The topological polar surface area (TPSA) is 98.8 Å². The molecule has 8 nitrogen and oxygen atoms in total. The van der Waals surface area contributed by atoms with Crippen LogP contribution in [0.15, 0.2) is 54.7 Å². The second kappa shape index (κ2) is 9.44. The van der Waals surface area contributed by atoms with Crippen molar-refractivity contribution in [2.45, 2.75) is 12.3 Å². The molecule has 3 aromatic rings. The van der Waals surface area contributed by atoms with Crippen molar-refractivity contribution in [3.63, 3.8) is 0 Å². The van der Waals surface area contributed by atoms with E-state index < -0.39 is 47.3 Å². The van der Waals surface area contributed by atoms with Crippen molar-refractivity contribution in [1.29, 1.82) is 0 Å². The number of nitrogens with one attached hydrogen (secondary N) is 2. The Kier molecular flexibility index (Phi) is 6.40. The monoisotopic (exact) mass is 495 g/mol. The number of amides is 3. The van der Waals surface area contributed by atoms with Gasteiger partial charge in [0.2, 0.25) is 18.8 Å². The zero-order valence-electron chi connectivity index (χ0n) is 17.4. The minimum atomic E-state index is -4.80. The maximum Gasteiger partial charge on any atom is 0.429 e. The summed E-state index contributed by atoms with van der Waals surface area (Å²) in [6.07, 6.45) is -6.20. The maximum absolute atomic E-state index is 13.6. The van der Waals surface area contributed by atoms with Crippen LogP contribution in [-0.2, 0) is 0 Å². The van der Waals surface area contributed by atoms with E-state index in [1.54, 1.807) is 5.32 Å². The standard InChI is InChI=1S/C22H14F5N3O5/c23-13-2-1-3-14(24)18(13)20(31)30-21(32)29-12-5-7-17(28-9-12)35-19(22(25,26)27)11-4-6-15-16(8-11)34-10-33-15/h1-9,19H,10H2,(H2,29,30,31,32). The van der Waals surface area contributed by atoms with Gasteiger partial charge in [-0.15, -0.1) is 0 Å². The highest BCUT2D eigenvalue weighted by Crippen LogP contribution is 2.41. The van der Waals surface area contributed by atoms with E-state index in [9.17, 15) is 31.5 Å². The van der Waals surface area contributed by atoms with Crippen molar-refractivity contribution in [3.8, 4) is 17.4 Å². The summed E-state index contributed by atoms with van der Waals surface area (Å²) in [5, 5.41) is 3.90. The number of urea groups is 1. The van der Waals surface area contributed by atoms with E-state index in [2.05, 4.69) is 10.3 Å². The summed E-state index contributed by atoms with van der Waals surface area (Å²) in [7, 11) is 0. The van der Waals surface area contributed by atoms with Gasteiger partial charge < -0.3 is 19.5 Å². The number of imide groups is 1. The van der Waals surface area contributed by atoms with Gasteiger partial charge in [0.25, 0.3) is 5.91 Å². The molecule has 35 heavy (non-hydrogen) atoms. The quantitative estimate of drug-likeness (QED) is 0.497. The predicted molar refractivity (Wildman–Crippen MR) is 109 cm³/mol. The Bertz CT molecular complexity index is 1250. The summed E-state index contributed by atoms with van der Waals surface area (Å²) < 4.78 is 83.4. The third-order valence-electron chi connectivity index (χ3n) is 4.65. The Labute approximate surface area is 193 Å². The lowest BCUT2D eigenvalue weighted by molar-refractivity contribution is -0.198. The first kappa shape index (κ1) is 23.7. The molecule has 2 heterocycles. The molecular formula is C22H14F5N3O5. The van der Waals surface area contributed by atoms with Gasteiger partial charge in [-0.2, -0.15) is 13.2 Å². The van der Waals surface area contributed by atoms with E-state index in [0.29, 0.717) is 5.75 Å². The van der Waals surface area contributed by atoms with E-state index >= 15 is 0 Å². The number of ether oxygens (including phenoxy) is 3. The summed E-state index contributed by atoms with van der Waals surface area (Å²) in [6.45, 7) is -0.110. The normalized spacial score (nSPS) is 13.2. The number of nitrogens with zero attached hydrogens (tertiary/aromatic N) is 1. The van der Waals surface area contributed by atoms with E-state index in [0.717, 1.165) is 42.6 Å². The van der Waals surface area contributed by atoms with Crippen LogP contribution in [0.3, 0.4) is 0 Å². The molecule has 1 aliphatic heterocycles. The van der Waals surface area contributed by atoms with Gasteiger partial charge >= 0.3 is 12.2 Å². The third kappa shape index (κ3) is 5.39. The Hall–Kier alpha value is -4.42. The molecule has 1 unspecified atom stereocenters. The number of aromatic nitrogens is 1. The maximum atomic E-state index is 13.6. The number of benzene rings is 2. The molecule has 0 bridgehead atoms. The molecule has 2 N–H and O–H groups in total. The fourth-order valence-corrected chi connectivity index (χ4v) is 3.09. The van der Waals surface area contributed by atoms with Crippen LogP contribution in [-0.4, -0.2) is 29.9 Å². The predicted octanol–water partition coefficient (Wildman–Crippen LogP) is 4.73. The summed E-state index contributed by atoms with van der Waals surface area (Å²) in [5.41, 5.74) is -1.24. The van der Waals surface area contributed by atoms with E-state index in [1.807, 2.05) is 0 Å². The zero-order chi connectivity index (χ0) is 25.2. The Balaban J connectivity index is 1.42. The molecule has 4 rings (SSSR count). The molecule has 0 radical (unpaired) electrons. The largest absolute Gasteiger partial charge is 0.460 e. The van der Waals surface area contributed by atoms with E-state index in [1.165, 1.54) is 12.1 Å². The van der Waals surface area contributed by atoms with Crippen LogP contribution in [0.25, 0.3) is 0 Å². The van der Waals surface area contributed by atoms with Crippen LogP contribution >= 0.6 is 0 Å². The first-order valence-corrected chi connectivity index (χ1v) is 9.77. The second-order valence-corrected chi connectivity index (χ2v) is 7.04. The van der Waals surface area contributed by atoms with Crippen molar-refractivity contribution in [1.82, 2.24) is 10.3 Å². The summed E-state index contributed by atoms with van der Waals surface area (Å²) in [4.78, 5) is 27.6. The number of halogens is 5. The number of rotatable bonds is 5. The van der Waals surface area contributed by atoms with E-state index in [-0.39, 0.29) is 23.8 Å². The van der Waals surface area contributed by atoms with Gasteiger partial charge in [-0.1, -0.05) is 12.1 Å². The lowest BCUT2D eigenvalue weighted by atomic mass is 10.1. The minimum absolute atomic E-state index is 0.0386. The first-order valence-electron chi connectivity index (χ1n) is 9.77. The van der Waals surface area contributed by atoms with Gasteiger partial charge in [0.1, 0.15) is 17.2 Å². The fraction of sp³-hybridized carbons (Fsp3) is 0.136. The van der Waals surface area contributed by atoms with Gasteiger partial charge in [0.05, 0.1) is 11.9 Å². The molecule has 3 amide bonds. The smallest absolute Gasteiger partial charge is 0.429 e. The second-order valence-electron chi connectivity index (χ2n) is 7.04. The molecule has 0 fully saturated rings. The Morgan fingerprint density at radius 1 is 1.00 bits per heavy atom. The van der Waals surface area contributed by atoms with Crippen LogP contribution in [0, 0.1) is 11.6 Å². The lowest BCUT2D eigenvalue weighted by Crippen LogP contribution is -2.35. The number of hydrogen-bond donors (Lipinski definition) is 2. The van der Waals surface area contributed by atoms with Crippen LogP contribution < -0.4 is 24.8 Å². The SMILES string of the molecule is O=C(NC(=O)c1c(F)cccc1F)Nc1ccc(OC(c2ccc3c(c2)OCO3)C(F)(F)F)nc1. The zero-order valence-corrected chi connectivity index (χ0v) is 17.4.